The summed E-state index contributed by atoms with van der Waals surface area (Å²) < 4.78 is 2.05. The number of hydrogen-bond donors (Lipinski definition) is 1. The van der Waals surface area contributed by atoms with Crippen molar-refractivity contribution in [3.05, 3.63) is 12.2 Å². The molecule has 1 saturated heterocycles. The zero-order valence-corrected chi connectivity index (χ0v) is 12.5. The lowest BCUT2D eigenvalue weighted by Crippen LogP contribution is -2.53. The Morgan fingerprint density at radius 2 is 2.32 bits per heavy atom. The molecule has 2 heterocycles. The van der Waals surface area contributed by atoms with Gasteiger partial charge in [-0.05, 0) is 12.3 Å². The quantitative estimate of drug-likeness (QED) is 0.847. The molecule has 0 radical (unpaired) electrons. The van der Waals surface area contributed by atoms with Gasteiger partial charge in [0.1, 0.15) is 12.2 Å². The van der Waals surface area contributed by atoms with Crippen LogP contribution in [-0.4, -0.2) is 45.3 Å². The fourth-order valence-electron chi connectivity index (χ4n) is 2.79. The summed E-state index contributed by atoms with van der Waals surface area (Å²) in [4.78, 5) is 7.01. The van der Waals surface area contributed by atoms with Crippen LogP contribution >= 0.6 is 0 Å². The minimum Gasteiger partial charge on any atom is -0.314 e. The highest BCUT2D eigenvalue weighted by Crippen LogP contribution is 2.18. The van der Waals surface area contributed by atoms with Gasteiger partial charge in [-0.1, -0.05) is 27.2 Å². The lowest BCUT2D eigenvalue weighted by atomic mass is 9.96. The number of aryl methyl sites for hydroxylation is 1. The zero-order valence-electron chi connectivity index (χ0n) is 12.5. The third-order valence-corrected chi connectivity index (χ3v) is 4.17. The lowest BCUT2D eigenvalue weighted by Gasteiger charge is -2.39. The number of piperazine rings is 1. The van der Waals surface area contributed by atoms with Gasteiger partial charge < -0.3 is 5.32 Å². The molecule has 1 aliphatic rings. The third kappa shape index (κ3) is 3.54. The predicted molar refractivity (Wildman–Crippen MR) is 76.8 cm³/mol. The normalized spacial score (nSPS) is 22.6. The molecule has 5 heteroatoms. The van der Waals surface area contributed by atoms with Crippen LogP contribution in [0.25, 0.3) is 0 Å². The standard InChI is InChI=1S/C14H27N5/c1-4-7-19-14(16-11-17-19)10-18-8-6-15-9-13(18)12(3)5-2/h11-13,15H,4-10H2,1-3H3. The lowest BCUT2D eigenvalue weighted by molar-refractivity contribution is 0.104. The van der Waals surface area contributed by atoms with E-state index < -0.39 is 0 Å². The van der Waals surface area contributed by atoms with Gasteiger partial charge in [0.05, 0.1) is 6.54 Å². The van der Waals surface area contributed by atoms with E-state index in [1.807, 2.05) is 0 Å². The maximum absolute atomic E-state index is 4.44. The van der Waals surface area contributed by atoms with Crippen molar-refractivity contribution >= 4 is 0 Å². The van der Waals surface area contributed by atoms with Gasteiger partial charge in [0, 0.05) is 32.2 Å². The molecule has 1 aliphatic heterocycles. The fraction of sp³-hybridized carbons (Fsp3) is 0.857. The largest absolute Gasteiger partial charge is 0.314 e. The molecule has 0 amide bonds. The molecule has 0 saturated carbocycles. The summed E-state index contributed by atoms with van der Waals surface area (Å²) in [6.07, 6.45) is 4.02. The van der Waals surface area contributed by atoms with Crippen LogP contribution in [0.1, 0.15) is 39.4 Å². The van der Waals surface area contributed by atoms with Gasteiger partial charge in [-0.15, -0.1) is 0 Å². The van der Waals surface area contributed by atoms with E-state index in [0.29, 0.717) is 6.04 Å². The molecule has 19 heavy (non-hydrogen) atoms. The average molecular weight is 265 g/mol. The molecule has 0 aliphatic carbocycles. The van der Waals surface area contributed by atoms with Crippen LogP contribution in [-0.2, 0) is 13.1 Å². The molecule has 5 nitrogen and oxygen atoms in total. The maximum atomic E-state index is 4.44. The smallest absolute Gasteiger partial charge is 0.141 e. The minimum atomic E-state index is 0.616. The van der Waals surface area contributed by atoms with Crippen LogP contribution in [0, 0.1) is 5.92 Å². The Hall–Kier alpha value is -0.940. The number of nitrogens with zero attached hydrogens (tertiary/aromatic N) is 4. The van der Waals surface area contributed by atoms with Crippen molar-refractivity contribution < 1.29 is 0 Å². The van der Waals surface area contributed by atoms with Crippen molar-refractivity contribution in [2.75, 3.05) is 19.6 Å². The van der Waals surface area contributed by atoms with Crippen molar-refractivity contribution in [3.63, 3.8) is 0 Å². The molecular formula is C14H27N5. The molecule has 0 bridgehead atoms. The SMILES string of the molecule is CCCn1ncnc1CN1CCNCC1C(C)CC. The first-order chi connectivity index (χ1) is 9.26. The van der Waals surface area contributed by atoms with Gasteiger partial charge in [0.25, 0.3) is 0 Å². The van der Waals surface area contributed by atoms with E-state index >= 15 is 0 Å². The Morgan fingerprint density at radius 3 is 3.05 bits per heavy atom. The van der Waals surface area contributed by atoms with Crippen LogP contribution in [0.4, 0.5) is 0 Å². The molecule has 1 fully saturated rings. The molecule has 1 aromatic rings. The van der Waals surface area contributed by atoms with E-state index in [4.69, 9.17) is 0 Å². The predicted octanol–water partition coefficient (Wildman–Crippen LogP) is 1.51. The summed E-state index contributed by atoms with van der Waals surface area (Å²) in [5.74, 6) is 1.83. The highest BCUT2D eigenvalue weighted by molar-refractivity contribution is 4.90. The van der Waals surface area contributed by atoms with Crippen molar-refractivity contribution in [2.45, 2.75) is 52.7 Å². The van der Waals surface area contributed by atoms with Crippen LogP contribution in [0.5, 0.6) is 0 Å². The van der Waals surface area contributed by atoms with Crippen molar-refractivity contribution in [2.24, 2.45) is 5.92 Å². The van der Waals surface area contributed by atoms with Crippen molar-refractivity contribution in [3.8, 4) is 0 Å². The van der Waals surface area contributed by atoms with Gasteiger partial charge in [-0.25, -0.2) is 9.67 Å². The van der Waals surface area contributed by atoms with E-state index in [2.05, 4.69) is 45.8 Å². The molecule has 1 aromatic heterocycles. The van der Waals surface area contributed by atoms with Gasteiger partial charge in [-0.2, -0.15) is 5.10 Å². The van der Waals surface area contributed by atoms with E-state index in [1.165, 1.54) is 6.42 Å². The maximum Gasteiger partial charge on any atom is 0.141 e. The van der Waals surface area contributed by atoms with E-state index in [9.17, 15) is 0 Å². The summed E-state index contributed by atoms with van der Waals surface area (Å²) in [6, 6.07) is 0.616. The van der Waals surface area contributed by atoms with Crippen molar-refractivity contribution in [1.82, 2.24) is 25.0 Å². The Labute approximate surface area is 116 Å². The Balaban J connectivity index is 2.04. The average Bonchev–Trinajstić information content (AvgIpc) is 2.86. The van der Waals surface area contributed by atoms with Crippen LogP contribution < -0.4 is 5.32 Å². The van der Waals surface area contributed by atoms with Crippen LogP contribution in [0.15, 0.2) is 6.33 Å². The molecule has 2 atom stereocenters. The number of nitrogens with one attached hydrogen (secondary N) is 1. The van der Waals surface area contributed by atoms with E-state index in [-0.39, 0.29) is 0 Å². The minimum absolute atomic E-state index is 0.616. The highest BCUT2D eigenvalue weighted by atomic mass is 15.4. The first-order valence-corrected chi connectivity index (χ1v) is 7.57. The van der Waals surface area contributed by atoms with Crippen LogP contribution in [0.2, 0.25) is 0 Å². The van der Waals surface area contributed by atoms with E-state index in [0.717, 1.165) is 50.9 Å². The zero-order chi connectivity index (χ0) is 13.7. The summed E-state index contributed by atoms with van der Waals surface area (Å²) in [5, 5.41) is 7.84. The first-order valence-electron chi connectivity index (χ1n) is 7.57. The Morgan fingerprint density at radius 1 is 1.47 bits per heavy atom. The molecule has 0 spiro atoms. The van der Waals surface area contributed by atoms with Gasteiger partial charge in [0.2, 0.25) is 0 Å². The Bertz CT molecular complexity index is 376. The van der Waals surface area contributed by atoms with Gasteiger partial charge in [-0.3, -0.25) is 4.90 Å². The molecule has 108 valence electrons. The number of rotatable bonds is 6. The molecule has 2 rings (SSSR count). The fourth-order valence-corrected chi connectivity index (χ4v) is 2.79. The second kappa shape index (κ2) is 7.01. The first kappa shape index (κ1) is 14.5. The summed E-state index contributed by atoms with van der Waals surface area (Å²) >= 11 is 0. The second-order valence-corrected chi connectivity index (χ2v) is 5.53. The topological polar surface area (TPSA) is 46.0 Å². The summed E-state index contributed by atoms with van der Waals surface area (Å²) in [7, 11) is 0. The van der Waals surface area contributed by atoms with E-state index in [1.54, 1.807) is 6.33 Å². The van der Waals surface area contributed by atoms with Crippen molar-refractivity contribution in [1.29, 1.82) is 0 Å². The molecular weight excluding hydrogens is 238 g/mol. The number of hydrogen-bond acceptors (Lipinski definition) is 4. The van der Waals surface area contributed by atoms with Gasteiger partial charge >= 0.3 is 0 Å². The monoisotopic (exact) mass is 265 g/mol. The summed E-state index contributed by atoms with van der Waals surface area (Å²) in [5.41, 5.74) is 0. The highest BCUT2D eigenvalue weighted by Gasteiger charge is 2.27. The molecule has 2 unspecified atom stereocenters. The molecule has 0 aromatic carbocycles. The third-order valence-electron chi connectivity index (χ3n) is 4.17. The Kier molecular flexibility index (Phi) is 5.34. The second-order valence-electron chi connectivity index (χ2n) is 5.53. The molecule has 1 N–H and O–H groups in total. The van der Waals surface area contributed by atoms with Gasteiger partial charge in [0.15, 0.2) is 0 Å². The summed E-state index contributed by atoms with van der Waals surface area (Å²) in [6.45, 7) is 12.0. The number of aromatic nitrogens is 3. The van der Waals surface area contributed by atoms with Crippen LogP contribution in [0.3, 0.4) is 0 Å².